The first-order valence-electron chi connectivity index (χ1n) is 7.94. The summed E-state index contributed by atoms with van der Waals surface area (Å²) in [5, 5.41) is 0. The third kappa shape index (κ3) is 12.2. The predicted molar refractivity (Wildman–Crippen MR) is 91.2 cm³/mol. The lowest BCUT2D eigenvalue weighted by Gasteiger charge is -2.05. The number of hydrogen-bond donors (Lipinski definition) is 0. The molecule has 0 saturated heterocycles. The van der Waals surface area contributed by atoms with Crippen LogP contribution in [0, 0.1) is 5.92 Å². The maximum absolute atomic E-state index is 11.3. The maximum atomic E-state index is 11.3. The maximum Gasteiger partial charge on any atom is 0.308 e. The summed E-state index contributed by atoms with van der Waals surface area (Å²) in [5.41, 5.74) is 4.11. The second kappa shape index (κ2) is 11.4. The van der Waals surface area contributed by atoms with Gasteiger partial charge in [0.25, 0.3) is 0 Å². The molecule has 0 fully saturated rings. The van der Waals surface area contributed by atoms with Gasteiger partial charge in [-0.3, -0.25) is 4.79 Å². The lowest BCUT2D eigenvalue weighted by molar-refractivity contribution is -0.146. The summed E-state index contributed by atoms with van der Waals surface area (Å²) in [7, 11) is 0. The van der Waals surface area contributed by atoms with Gasteiger partial charge in [0.2, 0.25) is 0 Å². The van der Waals surface area contributed by atoms with Crippen molar-refractivity contribution < 1.29 is 9.53 Å². The molecule has 0 aliphatic heterocycles. The number of hydrogen-bond acceptors (Lipinski definition) is 2. The van der Waals surface area contributed by atoms with Gasteiger partial charge in [-0.2, -0.15) is 0 Å². The van der Waals surface area contributed by atoms with Crippen LogP contribution in [0.3, 0.4) is 0 Å². The van der Waals surface area contributed by atoms with Gasteiger partial charge in [0, 0.05) is 0 Å². The first-order chi connectivity index (χ1) is 9.82. The Bertz CT molecular complexity index is 394. The van der Waals surface area contributed by atoms with Crippen LogP contribution in [0.4, 0.5) is 0 Å². The van der Waals surface area contributed by atoms with E-state index in [-0.39, 0.29) is 11.9 Å². The molecule has 2 heteroatoms. The van der Waals surface area contributed by atoms with Gasteiger partial charge in [-0.25, -0.2) is 0 Å². The summed E-state index contributed by atoms with van der Waals surface area (Å²) in [6, 6.07) is 0. The minimum atomic E-state index is -0.130. The zero-order valence-corrected chi connectivity index (χ0v) is 14.7. The molecule has 0 aromatic rings. The molecule has 21 heavy (non-hydrogen) atoms. The highest BCUT2D eigenvalue weighted by Crippen LogP contribution is 2.11. The lowest BCUT2D eigenvalue weighted by atomic mass is 10.1. The molecular formula is C19H32O2. The largest absolute Gasteiger partial charge is 0.461 e. The van der Waals surface area contributed by atoms with E-state index in [0.29, 0.717) is 6.61 Å². The molecule has 0 saturated carbocycles. The molecule has 0 aliphatic rings. The topological polar surface area (TPSA) is 26.3 Å². The Morgan fingerprint density at radius 3 is 1.95 bits per heavy atom. The van der Waals surface area contributed by atoms with E-state index in [1.165, 1.54) is 16.7 Å². The number of carbonyl (C=O) groups excluding carboxylic acids is 1. The Morgan fingerprint density at radius 1 is 0.905 bits per heavy atom. The summed E-state index contributed by atoms with van der Waals surface area (Å²) in [6.45, 7) is 12.7. The van der Waals surface area contributed by atoms with E-state index in [1.807, 2.05) is 19.9 Å². The molecule has 0 N–H and O–H groups in total. The molecule has 2 nitrogen and oxygen atoms in total. The normalized spacial score (nSPS) is 12.5. The second-order valence-corrected chi connectivity index (χ2v) is 6.24. The molecule has 0 bridgehead atoms. The summed E-state index contributed by atoms with van der Waals surface area (Å²) < 4.78 is 5.14. The lowest BCUT2D eigenvalue weighted by Crippen LogP contribution is -2.11. The van der Waals surface area contributed by atoms with E-state index in [4.69, 9.17) is 4.74 Å². The van der Waals surface area contributed by atoms with Gasteiger partial charge >= 0.3 is 5.97 Å². The number of esters is 1. The average molecular weight is 292 g/mol. The van der Waals surface area contributed by atoms with E-state index in [0.717, 1.165) is 25.7 Å². The van der Waals surface area contributed by atoms with Crippen molar-refractivity contribution >= 4 is 5.97 Å². The van der Waals surface area contributed by atoms with Crippen molar-refractivity contribution in [1.82, 2.24) is 0 Å². The molecule has 0 heterocycles. The molecule has 0 atom stereocenters. The second-order valence-electron chi connectivity index (χ2n) is 6.24. The summed E-state index contributed by atoms with van der Waals surface area (Å²) in [4.78, 5) is 11.3. The first kappa shape index (κ1) is 19.7. The van der Waals surface area contributed by atoms with Gasteiger partial charge in [0.1, 0.15) is 6.61 Å². The fraction of sp³-hybridized carbons (Fsp3) is 0.632. The van der Waals surface area contributed by atoms with Crippen molar-refractivity contribution in [3.63, 3.8) is 0 Å². The molecule has 0 aromatic carbocycles. The van der Waals surface area contributed by atoms with Crippen molar-refractivity contribution in [2.75, 3.05) is 6.61 Å². The fourth-order valence-corrected chi connectivity index (χ4v) is 1.77. The van der Waals surface area contributed by atoms with E-state index in [1.54, 1.807) is 0 Å². The van der Waals surface area contributed by atoms with Crippen molar-refractivity contribution in [2.24, 2.45) is 5.92 Å². The highest BCUT2D eigenvalue weighted by molar-refractivity contribution is 5.71. The summed E-state index contributed by atoms with van der Waals surface area (Å²) in [6.07, 6.45) is 11.0. The SMILES string of the molecule is CC(C)=CCC/C(C)=C/CC/C(C)=C/COC(=O)C(C)C. The fourth-order valence-electron chi connectivity index (χ4n) is 1.77. The third-order valence-electron chi connectivity index (χ3n) is 3.25. The van der Waals surface area contributed by atoms with Crippen LogP contribution >= 0.6 is 0 Å². The van der Waals surface area contributed by atoms with Crippen LogP contribution in [0.15, 0.2) is 34.9 Å². The van der Waals surface area contributed by atoms with Crippen LogP contribution in [0.2, 0.25) is 0 Å². The van der Waals surface area contributed by atoms with Crippen molar-refractivity contribution in [3.8, 4) is 0 Å². The Balaban J connectivity index is 3.93. The van der Waals surface area contributed by atoms with Crippen LogP contribution in [-0.4, -0.2) is 12.6 Å². The molecule has 120 valence electrons. The number of carbonyl (C=O) groups is 1. The Hall–Kier alpha value is -1.31. The third-order valence-corrected chi connectivity index (χ3v) is 3.25. The zero-order valence-electron chi connectivity index (χ0n) is 14.7. The van der Waals surface area contributed by atoms with Crippen LogP contribution in [0.1, 0.15) is 67.2 Å². The van der Waals surface area contributed by atoms with Crippen LogP contribution in [0.25, 0.3) is 0 Å². The zero-order chi connectivity index (χ0) is 16.3. The molecule has 0 spiro atoms. The highest BCUT2D eigenvalue weighted by atomic mass is 16.5. The van der Waals surface area contributed by atoms with Crippen LogP contribution in [0.5, 0.6) is 0 Å². The molecule has 0 rings (SSSR count). The van der Waals surface area contributed by atoms with Crippen molar-refractivity contribution in [1.29, 1.82) is 0 Å². The highest BCUT2D eigenvalue weighted by Gasteiger charge is 2.06. The van der Waals surface area contributed by atoms with Gasteiger partial charge in [-0.15, -0.1) is 0 Å². The van der Waals surface area contributed by atoms with E-state index >= 15 is 0 Å². The minimum absolute atomic E-state index is 0.0508. The van der Waals surface area contributed by atoms with Gasteiger partial charge < -0.3 is 4.74 Å². The number of rotatable bonds is 9. The van der Waals surface area contributed by atoms with Crippen molar-refractivity contribution in [3.05, 3.63) is 34.9 Å². The van der Waals surface area contributed by atoms with Gasteiger partial charge in [-0.1, -0.05) is 42.7 Å². The minimum Gasteiger partial charge on any atom is -0.461 e. The van der Waals surface area contributed by atoms with Crippen LogP contribution < -0.4 is 0 Å². The summed E-state index contributed by atoms with van der Waals surface area (Å²) in [5.74, 6) is -0.181. The van der Waals surface area contributed by atoms with Gasteiger partial charge in [0.05, 0.1) is 5.92 Å². The van der Waals surface area contributed by atoms with Crippen LogP contribution in [-0.2, 0) is 9.53 Å². The van der Waals surface area contributed by atoms with Gasteiger partial charge in [-0.05, 0) is 59.5 Å². The first-order valence-corrected chi connectivity index (χ1v) is 7.94. The quantitative estimate of drug-likeness (QED) is 0.408. The van der Waals surface area contributed by atoms with E-state index in [2.05, 4.69) is 39.8 Å². The molecule has 0 unspecified atom stereocenters. The standard InChI is InChI=1S/C19H32O2/c1-15(2)9-7-10-17(5)11-8-12-18(6)13-14-21-19(20)16(3)4/h9,11,13,16H,7-8,10,12,14H2,1-6H3/b17-11+,18-13+. The number of ether oxygens (including phenoxy) is 1. The molecule has 0 radical (unpaired) electrons. The molecule has 0 aliphatic carbocycles. The van der Waals surface area contributed by atoms with E-state index < -0.39 is 0 Å². The smallest absolute Gasteiger partial charge is 0.308 e. The van der Waals surface area contributed by atoms with Gasteiger partial charge in [0.15, 0.2) is 0 Å². The Labute approximate surface area is 131 Å². The van der Waals surface area contributed by atoms with E-state index in [9.17, 15) is 4.79 Å². The number of allylic oxidation sites excluding steroid dienone is 5. The molecule has 0 aromatic heterocycles. The summed E-state index contributed by atoms with van der Waals surface area (Å²) >= 11 is 0. The monoisotopic (exact) mass is 292 g/mol. The average Bonchev–Trinajstić information content (AvgIpc) is 2.37. The Kier molecular flexibility index (Phi) is 10.7. The predicted octanol–water partition coefficient (Wildman–Crippen LogP) is 5.60. The molecular weight excluding hydrogens is 260 g/mol. The Morgan fingerprint density at radius 2 is 1.43 bits per heavy atom. The molecule has 0 amide bonds. The van der Waals surface area contributed by atoms with Crippen molar-refractivity contribution in [2.45, 2.75) is 67.2 Å².